The van der Waals surface area contributed by atoms with Gasteiger partial charge in [-0.1, -0.05) is 0 Å². The Balaban J connectivity index is 2.89. The Kier molecular flexibility index (Phi) is 4.08. The van der Waals surface area contributed by atoms with Crippen LogP contribution in [0.2, 0.25) is 0 Å². The number of benzene rings is 1. The van der Waals surface area contributed by atoms with Crippen molar-refractivity contribution in [2.75, 3.05) is 12.8 Å². The van der Waals surface area contributed by atoms with E-state index in [1.165, 1.54) is 38.3 Å². The SMILES string of the molecule is COC(=O)C(C)NS(=O)(=O)c1ccc(N)cc1. The first-order chi connectivity index (χ1) is 7.86. The molecule has 1 atom stereocenters. The lowest BCUT2D eigenvalue weighted by atomic mass is 10.3. The summed E-state index contributed by atoms with van der Waals surface area (Å²) in [5, 5.41) is 0. The highest BCUT2D eigenvalue weighted by Crippen LogP contribution is 2.11. The van der Waals surface area contributed by atoms with Gasteiger partial charge in [-0.3, -0.25) is 4.79 Å². The summed E-state index contributed by atoms with van der Waals surface area (Å²) >= 11 is 0. The van der Waals surface area contributed by atoms with Crippen LogP contribution in [0.3, 0.4) is 0 Å². The first-order valence-corrected chi connectivity index (χ1v) is 6.31. The number of nitrogens with one attached hydrogen (secondary N) is 1. The van der Waals surface area contributed by atoms with Crippen LogP contribution in [0.1, 0.15) is 6.92 Å². The number of anilines is 1. The van der Waals surface area contributed by atoms with E-state index in [1.54, 1.807) is 0 Å². The lowest BCUT2D eigenvalue weighted by molar-refractivity contribution is -0.142. The minimum Gasteiger partial charge on any atom is -0.468 e. The molecule has 94 valence electrons. The van der Waals surface area contributed by atoms with Gasteiger partial charge < -0.3 is 10.5 Å². The number of hydrogen-bond donors (Lipinski definition) is 2. The molecule has 0 aliphatic carbocycles. The molecule has 0 heterocycles. The number of hydrogen-bond acceptors (Lipinski definition) is 5. The van der Waals surface area contributed by atoms with Gasteiger partial charge in [0.15, 0.2) is 0 Å². The average molecular weight is 258 g/mol. The van der Waals surface area contributed by atoms with Crippen LogP contribution in [0, 0.1) is 0 Å². The van der Waals surface area contributed by atoms with Crippen LogP contribution in [0.5, 0.6) is 0 Å². The Bertz CT molecular complexity index is 496. The Morgan fingerprint density at radius 3 is 2.35 bits per heavy atom. The predicted molar refractivity (Wildman–Crippen MR) is 62.7 cm³/mol. The topological polar surface area (TPSA) is 98.5 Å². The van der Waals surface area contributed by atoms with Crippen molar-refractivity contribution in [3.8, 4) is 0 Å². The number of nitrogens with two attached hydrogens (primary N) is 1. The molecule has 1 aromatic rings. The van der Waals surface area contributed by atoms with Crippen LogP contribution in [0.15, 0.2) is 29.2 Å². The molecule has 0 amide bonds. The van der Waals surface area contributed by atoms with Crippen molar-refractivity contribution in [3.05, 3.63) is 24.3 Å². The quantitative estimate of drug-likeness (QED) is 0.590. The Morgan fingerprint density at radius 2 is 1.88 bits per heavy atom. The number of rotatable bonds is 4. The van der Waals surface area contributed by atoms with Gasteiger partial charge in [-0.05, 0) is 31.2 Å². The molecule has 1 rings (SSSR count). The van der Waals surface area contributed by atoms with Gasteiger partial charge in [0.1, 0.15) is 6.04 Å². The lowest BCUT2D eigenvalue weighted by Crippen LogP contribution is -2.39. The fraction of sp³-hybridized carbons (Fsp3) is 0.300. The fourth-order valence-corrected chi connectivity index (χ4v) is 2.36. The van der Waals surface area contributed by atoms with Crippen molar-refractivity contribution in [3.63, 3.8) is 0 Å². The summed E-state index contributed by atoms with van der Waals surface area (Å²) in [7, 11) is -2.55. The molecule has 6 nitrogen and oxygen atoms in total. The summed E-state index contributed by atoms with van der Waals surface area (Å²) in [5.41, 5.74) is 5.91. The Hall–Kier alpha value is -1.60. The maximum atomic E-state index is 11.8. The van der Waals surface area contributed by atoms with E-state index in [-0.39, 0.29) is 4.90 Å². The number of ether oxygens (including phenoxy) is 1. The second-order valence-corrected chi connectivity index (χ2v) is 5.15. The number of esters is 1. The molecule has 3 N–H and O–H groups in total. The first-order valence-electron chi connectivity index (χ1n) is 4.82. The third-order valence-electron chi connectivity index (χ3n) is 2.08. The van der Waals surface area contributed by atoms with Crippen LogP contribution in [-0.2, 0) is 19.6 Å². The van der Waals surface area contributed by atoms with Gasteiger partial charge in [-0.15, -0.1) is 0 Å². The number of sulfonamides is 1. The molecule has 1 aromatic carbocycles. The molecule has 17 heavy (non-hydrogen) atoms. The zero-order valence-corrected chi connectivity index (χ0v) is 10.3. The minimum atomic E-state index is -3.74. The van der Waals surface area contributed by atoms with Crippen LogP contribution in [-0.4, -0.2) is 27.5 Å². The van der Waals surface area contributed by atoms with Gasteiger partial charge >= 0.3 is 5.97 Å². The molecule has 7 heteroatoms. The molecule has 0 bridgehead atoms. The normalized spacial score (nSPS) is 13.1. The molecule has 0 radical (unpaired) electrons. The van der Waals surface area contributed by atoms with Gasteiger partial charge in [-0.2, -0.15) is 4.72 Å². The zero-order valence-electron chi connectivity index (χ0n) is 9.51. The van der Waals surface area contributed by atoms with E-state index in [2.05, 4.69) is 9.46 Å². The Labute approximate surface area is 99.8 Å². The highest BCUT2D eigenvalue weighted by atomic mass is 32.2. The molecule has 0 spiro atoms. The number of carbonyl (C=O) groups is 1. The van der Waals surface area contributed by atoms with E-state index < -0.39 is 22.0 Å². The second kappa shape index (κ2) is 5.15. The molecule has 0 aliphatic heterocycles. The van der Waals surface area contributed by atoms with Crippen LogP contribution in [0.4, 0.5) is 5.69 Å². The monoisotopic (exact) mass is 258 g/mol. The first kappa shape index (κ1) is 13.5. The largest absolute Gasteiger partial charge is 0.468 e. The summed E-state index contributed by atoms with van der Waals surface area (Å²) in [6.07, 6.45) is 0. The third-order valence-corrected chi connectivity index (χ3v) is 3.63. The summed E-state index contributed by atoms with van der Waals surface area (Å²) in [6.45, 7) is 1.40. The van der Waals surface area contributed by atoms with E-state index in [9.17, 15) is 13.2 Å². The van der Waals surface area contributed by atoms with Gasteiger partial charge in [0, 0.05) is 5.69 Å². The van der Waals surface area contributed by atoms with E-state index in [4.69, 9.17) is 5.73 Å². The second-order valence-electron chi connectivity index (χ2n) is 3.44. The summed E-state index contributed by atoms with van der Waals surface area (Å²) in [4.78, 5) is 11.1. The molecule has 0 saturated carbocycles. The average Bonchev–Trinajstić information content (AvgIpc) is 2.27. The zero-order chi connectivity index (χ0) is 13.1. The molecule has 1 unspecified atom stereocenters. The summed E-state index contributed by atoms with van der Waals surface area (Å²) in [5.74, 6) is -0.649. The molecule has 0 fully saturated rings. The number of nitrogen functional groups attached to an aromatic ring is 1. The van der Waals surface area contributed by atoms with Crippen molar-refractivity contribution < 1.29 is 17.9 Å². The van der Waals surface area contributed by atoms with Crippen molar-refractivity contribution in [1.82, 2.24) is 4.72 Å². The molecule has 0 saturated heterocycles. The lowest BCUT2D eigenvalue weighted by Gasteiger charge is -2.12. The van der Waals surface area contributed by atoms with Crippen molar-refractivity contribution in [2.45, 2.75) is 17.9 Å². The summed E-state index contributed by atoms with van der Waals surface area (Å²) < 4.78 is 30.3. The van der Waals surface area contributed by atoms with Crippen molar-refractivity contribution >= 4 is 21.7 Å². The third kappa shape index (κ3) is 3.43. The van der Waals surface area contributed by atoms with Gasteiger partial charge in [-0.25, -0.2) is 8.42 Å². The van der Waals surface area contributed by atoms with Gasteiger partial charge in [0.25, 0.3) is 0 Å². The smallest absolute Gasteiger partial charge is 0.323 e. The maximum Gasteiger partial charge on any atom is 0.323 e. The summed E-state index contributed by atoms with van der Waals surface area (Å²) in [6, 6.07) is 4.72. The van der Waals surface area contributed by atoms with Crippen molar-refractivity contribution in [1.29, 1.82) is 0 Å². The molecular weight excluding hydrogens is 244 g/mol. The van der Waals surface area contributed by atoms with Gasteiger partial charge in [0.05, 0.1) is 12.0 Å². The van der Waals surface area contributed by atoms with Crippen LogP contribution < -0.4 is 10.5 Å². The predicted octanol–water partition coefficient (Wildman–Crippen LogP) is 0.109. The van der Waals surface area contributed by atoms with Crippen LogP contribution >= 0.6 is 0 Å². The van der Waals surface area contributed by atoms with E-state index in [1.807, 2.05) is 0 Å². The van der Waals surface area contributed by atoms with Crippen molar-refractivity contribution in [2.24, 2.45) is 0 Å². The highest BCUT2D eigenvalue weighted by Gasteiger charge is 2.22. The maximum absolute atomic E-state index is 11.8. The van der Waals surface area contributed by atoms with E-state index in [0.717, 1.165) is 0 Å². The van der Waals surface area contributed by atoms with E-state index in [0.29, 0.717) is 5.69 Å². The highest BCUT2D eigenvalue weighted by molar-refractivity contribution is 7.89. The Morgan fingerprint density at radius 1 is 1.35 bits per heavy atom. The standard InChI is InChI=1S/C10H14N2O4S/c1-7(10(13)16-2)12-17(14,15)9-5-3-8(11)4-6-9/h3-7,12H,11H2,1-2H3. The van der Waals surface area contributed by atoms with Gasteiger partial charge in [0.2, 0.25) is 10.0 Å². The molecule has 0 aliphatic rings. The number of carbonyl (C=O) groups excluding carboxylic acids is 1. The minimum absolute atomic E-state index is 0.0439. The van der Waals surface area contributed by atoms with E-state index >= 15 is 0 Å². The number of methoxy groups -OCH3 is 1. The molecule has 0 aromatic heterocycles. The molecular formula is C10H14N2O4S. The fourth-order valence-electron chi connectivity index (χ4n) is 1.17. The van der Waals surface area contributed by atoms with Crippen LogP contribution in [0.25, 0.3) is 0 Å².